The topological polar surface area (TPSA) is 29.5 Å². The second kappa shape index (κ2) is 3.89. The summed E-state index contributed by atoms with van der Waals surface area (Å²) in [6.07, 6.45) is 1.77. The van der Waals surface area contributed by atoms with Crippen molar-refractivity contribution in [2.45, 2.75) is 32.7 Å². The van der Waals surface area contributed by atoms with Gasteiger partial charge >= 0.3 is 0 Å². The van der Waals surface area contributed by atoms with Gasteiger partial charge in [0, 0.05) is 19.6 Å². The molecule has 0 bridgehead atoms. The molecule has 80 valence electrons. The van der Waals surface area contributed by atoms with Crippen LogP contribution in [0.1, 0.15) is 26.7 Å². The van der Waals surface area contributed by atoms with Crippen LogP contribution < -0.4 is 0 Å². The van der Waals surface area contributed by atoms with Gasteiger partial charge in [-0.05, 0) is 18.3 Å². The lowest BCUT2D eigenvalue weighted by Crippen LogP contribution is -2.37. The first-order chi connectivity index (χ1) is 6.68. The van der Waals surface area contributed by atoms with Gasteiger partial charge in [0.15, 0.2) is 0 Å². The van der Waals surface area contributed by atoms with E-state index in [1.807, 2.05) is 4.90 Å². The zero-order valence-electron chi connectivity index (χ0n) is 9.03. The van der Waals surface area contributed by atoms with Crippen molar-refractivity contribution < 1.29 is 9.53 Å². The Balaban J connectivity index is 1.96. The number of rotatable bonds is 2. The molecule has 0 spiro atoms. The van der Waals surface area contributed by atoms with Crippen molar-refractivity contribution >= 4 is 5.91 Å². The molecule has 14 heavy (non-hydrogen) atoms. The molecule has 0 aromatic rings. The minimum absolute atomic E-state index is 0.333. The Labute approximate surface area is 85.4 Å². The SMILES string of the molecule is CC(C)C1CC(=O)N([C@@H]2CCOC2)C1. The highest BCUT2D eigenvalue weighted by molar-refractivity contribution is 5.79. The van der Waals surface area contributed by atoms with Crippen molar-refractivity contribution in [1.82, 2.24) is 4.90 Å². The maximum Gasteiger partial charge on any atom is 0.223 e. The second-order valence-electron chi connectivity index (χ2n) is 4.77. The zero-order chi connectivity index (χ0) is 10.1. The predicted octanol–water partition coefficient (Wildman–Crippen LogP) is 1.28. The van der Waals surface area contributed by atoms with Gasteiger partial charge in [0.1, 0.15) is 0 Å². The predicted molar refractivity (Wildman–Crippen MR) is 53.9 cm³/mol. The molecule has 0 aliphatic carbocycles. The first-order valence-electron chi connectivity index (χ1n) is 5.55. The number of likely N-dealkylation sites (tertiary alicyclic amines) is 1. The van der Waals surface area contributed by atoms with Crippen LogP contribution in [0.5, 0.6) is 0 Å². The summed E-state index contributed by atoms with van der Waals surface area (Å²) >= 11 is 0. The van der Waals surface area contributed by atoms with E-state index >= 15 is 0 Å². The van der Waals surface area contributed by atoms with E-state index in [4.69, 9.17) is 4.74 Å². The Bertz CT molecular complexity index is 221. The van der Waals surface area contributed by atoms with Gasteiger partial charge in [-0.2, -0.15) is 0 Å². The van der Waals surface area contributed by atoms with Crippen molar-refractivity contribution in [3.8, 4) is 0 Å². The van der Waals surface area contributed by atoms with E-state index in [9.17, 15) is 4.79 Å². The molecule has 0 N–H and O–H groups in total. The lowest BCUT2D eigenvalue weighted by atomic mass is 9.95. The number of hydrogen-bond acceptors (Lipinski definition) is 2. The lowest BCUT2D eigenvalue weighted by molar-refractivity contribution is -0.129. The van der Waals surface area contributed by atoms with Crippen LogP contribution in [0.2, 0.25) is 0 Å². The Kier molecular flexibility index (Phi) is 2.77. The van der Waals surface area contributed by atoms with E-state index in [0.29, 0.717) is 23.8 Å². The van der Waals surface area contributed by atoms with Crippen LogP contribution in [0, 0.1) is 11.8 Å². The van der Waals surface area contributed by atoms with E-state index in [2.05, 4.69) is 13.8 Å². The van der Waals surface area contributed by atoms with Gasteiger partial charge in [-0.3, -0.25) is 4.79 Å². The molecule has 2 heterocycles. The molecule has 2 saturated heterocycles. The fraction of sp³-hybridized carbons (Fsp3) is 0.909. The van der Waals surface area contributed by atoms with Crippen LogP contribution in [0.25, 0.3) is 0 Å². The van der Waals surface area contributed by atoms with Gasteiger partial charge in [0.2, 0.25) is 5.91 Å². The first-order valence-corrected chi connectivity index (χ1v) is 5.55. The third-order valence-electron chi connectivity index (χ3n) is 3.48. The van der Waals surface area contributed by atoms with E-state index in [1.165, 1.54) is 0 Å². The van der Waals surface area contributed by atoms with Crippen LogP contribution in [0.4, 0.5) is 0 Å². The van der Waals surface area contributed by atoms with Crippen LogP contribution >= 0.6 is 0 Å². The van der Waals surface area contributed by atoms with Crippen LogP contribution in [0.15, 0.2) is 0 Å². The average molecular weight is 197 g/mol. The molecule has 0 saturated carbocycles. The molecule has 0 aromatic heterocycles. The number of amides is 1. The largest absolute Gasteiger partial charge is 0.379 e. The molecule has 2 aliphatic heterocycles. The summed E-state index contributed by atoms with van der Waals surface area (Å²) in [4.78, 5) is 13.8. The molecule has 0 aromatic carbocycles. The number of hydrogen-bond donors (Lipinski definition) is 0. The van der Waals surface area contributed by atoms with Gasteiger partial charge < -0.3 is 9.64 Å². The van der Waals surface area contributed by atoms with E-state index in [1.54, 1.807) is 0 Å². The van der Waals surface area contributed by atoms with Crippen LogP contribution in [0.3, 0.4) is 0 Å². The molecule has 3 heteroatoms. The maximum atomic E-state index is 11.7. The first kappa shape index (κ1) is 9.97. The van der Waals surface area contributed by atoms with Gasteiger partial charge in [-0.15, -0.1) is 0 Å². The third-order valence-corrected chi connectivity index (χ3v) is 3.48. The number of carbonyl (C=O) groups excluding carboxylic acids is 1. The van der Waals surface area contributed by atoms with E-state index in [0.717, 1.165) is 32.6 Å². The molecule has 3 nitrogen and oxygen atoms in total. The summed E-state index contributed by atoms with van der Waals surface area (Å²) < 4.78 is 5.32. The molecule has 1 amide bonds. The summed E-state index contributed by atoms with van der Waals surface area (Å²) in [5.41, 5.74) is 0. The van der Waals surface area contributed by atoms with Crippen LogP contribution in [-0.4, -0.2) is 36.6 Å². The van der Waals surface area contributed by atoms with Crippen LogP contribution in [-0.2, 0) is 9.53 Å². The lowest BCUT2D eigenvalue weighted by Gasteiger charge is -2.23. The highest BCUT2D eigenvalue weighted by Gasteiger charge is 2.36. The number of nitrogens with zero attached hydrogens (tertiary/aromatic N) is 1. The number of carbonyl (C=O) groups is 1. The van der Waals surface area contributed by atoms with Crippen molar-refractivity contribution in [3.05, 3.63) is 0 Å². The fourth-order valence-electron chi connectivity index (χ4n) is 2.33. The second-order valence-corrected chi connectivity index (χ2v) is 4.77. The van der Waals surface area contributed by atoms with E-state index in [-0.39, 0.29) is 0 Å². The van der Waals surface area contributed by atoms with Crippen molar-refractivity contribution in [1.29, 1.82) is 0 Å². The third kappa shape index (κ3) is 1.78. The minimum atomic E-state index is 0.333. The van der Waals surface area contributed by atoms with Crippen molar-refractivity contribution in [2.75, 3.05) is 19.8 Å². The molecule has 1 unspecified atom stereocenters. The van der Waals surface area contributed by atoms with Gasteiger partial charge in [-0.25, -0.2) is 0 Å². The fourth-order valence-corrected chi connectivity index (χ4v) is 2.33. The molecule has 2 aliphatic rings. The Morgan fingerprint density at radius 3 is 2.79 bits per heavy atom. The number of ether oxygens (including phenoxy) is 1. The molecule has 2 rings (SSSR count). The summed E-state index contributed by atoms with van der Waals surface area (Å²) in [5, 5.41) is 0. The molecular formula is C11H19NO2. The van der Waals surface area contributed by atoms with E-state index < -0.39 is 0 Å². The smallest absolute Gasteiger partial charge is 0.223 e. The molecule has 2 fully saturated rings. The van der Waals surface area contributed by atoms with Crippen molar-refractivity contribution in [2.24, 2.45) is 11.8 Å². The normalized spacial score (nSPS) is 33.4. The summed E-state index contributed by atoms with van der Waals surface area (Å²) in [7, 11) is 0. The minimum Gasteiger partial charge on any atom is -0.379 e. The van der Waals surface area contributed by atoms with Gasteiger partial charge in [0.05, 0.1) is 12.6 Å². The Hall–Kier alpha value is -0.570. The molecular weight excluding hydrogens is 178 g/mol. The monoisotopic (exact) mass is 197 g/mol. The molecule has 0 radical (unpaired) electrons. The average Bonchev–Trinajstić information content (AvgIpc) is 2.71. The maximum absolute atomic E-state index is 11.7. The Morgan fingerprint density at radius 1 is 1.50 bits per heavy atom. The quantitative estimate of drug-likeness (QED) is 0.667. The van der Waals surface area contributed by atoms with Gasteiger partial charge in [-0.1, -0.05) is 13.8 Å². The zero-order valence-corrected chi connectivity index (χ0v) is 9.03. The van der Waals surface area contributed by atoms with Crippen molar-refractivity contribution in [3.63, 3.8) is 0 Å². The highest BCUT2D eigenvalue weighted by Crippen LogP contribution is 2.28. The summed E-state index contributed by atoms with van der Waals surface area (Å²) in [6, 6.07) is 0.367. The summed E-state index contributed by atoms with van der Waals surface area (Å²) in [6.45, 7) is 6.92. The highest BCUT2D eigenvalue weighted by atomic mass is 16.5. The summed E-state index contributed by atoms with van der Waals surface area (Å²) in [5.74, 6) is 1.51. The molecule has 2 atom stereocenters. The Morgan fingerprint density at radius 2 is 2.29 bits per heavy atom. The standard InChI is InChI=1S/C11H19NO2/c1-8(2)9-5-11(13)12(6-9)10-3-4-14-7-10/h8-10H,3-7H2,1-2H3/t9?,10-/m1/s1. The van der Waals surface area contributed by atoms with Gasteiger partial charge in [0.25, 0.3) is 0 Å².